The Bertz CT molecular complexity index is 1090. The van der Waals surface area contributed by atoms with E-state index < -0.39 is 0 Å². The number of benzene rings is 3. The topological polar surface area (TPSA) is 54.1 Å². The third-order valence-electron chi connectivity index (χ3n) is 4.18. The van der Waals surface area contributed by atoms with Gasteiger partial charge in [-0.05, 0) is 48.5 Å². The number of ether oxygens (including phenoxy) is 1. The molecule has 134 valence electrons. The summed E-state index contributed by atoms with van der Waals surface area (Å²) in [6, 6.07) is 25.4. The Morgan fingerprint density at radius 2 is 1.74 bits per heavy atom. The molecule has 1 aromatic heterocycles. The molecule has 27 heavy (non-hydrogen) atoms. The van der Waals surface area contributed by atoms with E-state index in [2.05, 4.69) is 10.3 Å². The fourth-order valence-corrected chi connectivity index (χ4v) is 3.75. The minimum Gasteiger partial charge on any atom is -0.497 e. The second-order valence-electron chi connectivity index (χ2n) is 6.00. The molecule has 0 aliphatic rings. The van der Waals surface area contributed by atoms with Crippen molar-refractivity contribution in [1.82, 2.24) is 4.98 Å². The first-order valence-electron chi connectivity index (χ1n) is 8.53. The van der Waals surface area contributed by atoms with E-state index in [0.29, 0.717) is 5.69 Å². The Balaban J connectivity index is 1.58. The molecule has 3 aromatic carbocycles. The molecule has 0 saturated heterocycles. The van der Waals surface area contributed by atoms with Gasteiger partial charge in [0.05, 0.1) is 12.8 Å². The number of hydrogen-bond acceptors (Lipinski definition) is 3. The second-order valence-corrected chi connectivity index (χ2v) is 7.12. The smallest absolute Gasteiger partial charge is 0.272 e. The zero-order valence-corrected chi connectivity index (χ0v) is 15.5. The van der Waals surface area contributed by atoms with Gasteiger partial charge in [-0.1, -0.05) is 42.1 Å². The first kappa shape index (κ1) is 17.2. The lowest BCUT2D eigenvalue weighted by Crippen LogP contribution is -2.12. The van der Waals surface area contributed by atoms with Crippen LogP contribution >= 0.6 is 11.8 Å². The summed E-state index contributed by atoms with van der Waals surface area (Å²) in [5, 5.41) is 3.95. The summed E-state index contributed by atoms with van der Waals surface area (Å²) in [6.07, 6.45) is 0. The van der Waals surface area contributed by atoms with Crippen LogP contribution in [-0.4, -0.2) is 18.0 Å². The summed E-state index contributed by atoms with van der Waals surface area (Å²) in [6.45, 7) is 0. The molecule has 0 fully saturated rings. The van der Waals surface area contributed by atoms with Crippen LogP contribution in [0, 0.1) is 0 Å². The molecular formula is C22H18N2O2S. The summed E-state index contributed by atoms with van der Waals surface area (Å²) in [5.74, 6) is 0.587. The number of fused-ring (bicyclic) bond motifs is 1. The largest absolute Gasteiger partial charge is 0.497 e. The Labute approximate surface area is 161 Å². The highest BCUT2D eigenvalue weighted by atomic mass is 32.2. The number of rotatable bonds is 5. The number of carbonyl (C=O) groups is 1. The molecule has 4 rings (SSSR count). The lowest BCUT2D eigenvalue weighted by Gasteiger charge is -2.10. The molecule has 1 heterocycles. The van der Waals surface area contributed by atoms with Crippen molar-refractivity contribution in [3.63, 3.8) is 0 Å². The number of methoxy groups -OCH3 is 1. The van der Waals surface area contributed by atoms with Crippen LogP contribution in [0.2, 0.25) is 0 Å². The summed E-state index contributed by atoms with van der Waals surface area (Å²) in [5.41, 5.74) is 2.19. The first-order chi connectivity index (χ1) is 13.2. The molecule has 0 aliphatic heterocycles. The van der Waals surface area contributed by atoms with Crippen molar-refractivity contribution < 1.29 is 9.53 Å². The van der Waals surface area contributed by atoms with Gasteiger partial charge in [0.15, 0.2) is 0 Å². The molecular weight excluding hydrogens is 356 g/mol. The molecule has 0 aliphatic carbocycles. The minimum absolute atomic E-state index is 0.175. The minimum atomic E-state index is -0.175. The van der Waals surface area contributed by atoms with Crippen LogP contribution in [-0.2, 0) is 0 Å². The number of nitrogens with one attached hydrogen (secondary N) is 2. The highest BCUT2D eigenvalue weighted by Crippen LogP contribution is 2.33. The van der Waals surface area contributed by atoms with E-state index >= 15 is 0 Å². The van der Waals surface area contributed by atoms with Gasteiger partial charge in [-0.2, -0.15) is 0 Å². The molecule has 5 heteroatoms. The van der Waals surface area contributed by atoms with E-state index in [-0.39, 0.29) is 5.91 Å². The van der Waals surface area contributed by atoms with Crippen LogP contribution in [0.3, 0.4) is 0 Å². The maximum absolute atomic E-state index is 12.8. The van der Waals surface area contributed by atoms with Gasteiger partial charge in [-0.25, -0.2) is 0 Å². The maximum Gasteiger partial charge on any atom is 0.272 e. The van der Waals surface area contributed by atoms with Crippen molar-refractivity contribution in [3.8, 4) is 5.75 Å². The van der Waals surface area contributed by atoms with Crippen molar-refractivity contribution in [2.75, 3.05) is 12.4 Å². The van der Waals surface area contributed by atoms with Crippen LogP contribution in [0.1, 0.15) is 10.5 Å². The SMILES string of the molecule is COc1ccc2[nH]c(C(=O)Nc3ccccc3Sc3ccccc3)cc2c1. The molecule has 2 N–H and O–H groups in total. The standard InChI is InChI=1S/C22H18N2O2S/c1-26-16-11-12-18-15(13-16)14-20(23-18)22(25)24-19-9-5-6-10-21(19)27-17-7-3-2-4-8-17/h2-14,23H,1H3,(H,24,25). The van der Waals surface area contributed by atoms with Gasteiger partial charge < -0.3 is 15.0 Å². The monoisotopic (exact) mass is 374 g/mol. The predicted molar refractivity (Wildman–Crippen MR) is 110 cm³/mol. The average Bonchev–Trinajstić information content (AvgIpc) is 3.13. The predicted octanol–water partition coefficient (Wildman–Crippen LogP) is 5.58. The summed E-state index contributed by atoms with van der Waals surface area (Å²) >= 11 is 1.62. The average molecular weight is 374 g/mol. The second kappa shape index (κ2) is 7.60. The van der Waals surface area contributed by atoms with E-state index in [1.165, 1.54) is 0 Å². The van der Waals surface area contributed by atoms with Gasteiger partial charge >= 0.3 is 0 Å². The molecule has 0 bridgehead atoms. The van der Waals surface area contributed by atoms with Gasteiger partial charge in [0, 0.05) is 20.7 Å². The third kappa shape index (κ3) is 3.83. The summed E-state index contributed by atoms with van der Waals surface area (Å²) in [4.78, 5) is 18.0. The van der Waals surface area contributed by atoms with E-state index in [0.717, 1.165) is 32.1 Å². The quantitative estimate of drug-likeness (QED) is 0.479. The molecule has 0 saturated carbocycles. The third-order valence-corrected chi connectivity index (χ3v) is 5.26. The van der Waals surface area contributed by atoms with E-state index in [9.17, 15) is 4.79 Å². The van der Waals surface area contributed by atoms with Gasteiger partial charge in [0.1, 0.15) is 11.4 Å². The highest BCUT2D eigenvalue weighted by Gasteiger charge is 2.13. The molecule has 0 radical (unpaired) electrons. The van der Waals surface area contributed by atoms with Crippen molar-refractivity contribution in [1.29, 1.82) is 0 Å². The normalized spacial score (nSPS) is 10.7. The number of carbonyl (C=O) groups excluding carboxylic acids is 1. The molecule has 0 spiro atoms. The lowest BCUT2D eigenvalue weighted by atomic mass is 10.2. The van der Waals surface area contributed by atoms with E-state index in [1.807, 2.05) is 78.9 Å². The van der Waals surface area contributed by atoms with Crippen LogP contribution in [0.5, 0.6) is 5.75 Å². The summed E-state index contributed by atoms with van der Waals surface area (Å²) in [7, 11) is 1.63. The van der Waals surface area contributed by atoms with Gasteiger partial charge in [0.2, 0.25) is 0 Å². The number of H-pyrrole nitrogens is 1. The van der Waals surface area contributed by atoms with Crippen LogP contribution in [0.4, 0.5) is 5.69 Å². The molecule has 0 unspecified atom stereocenters. The fraction of sp³-hybridized carbons (Fsp3) is 0.0455. The highest BCUT2D eigenvalue weighted by molar-refractivity contribution is 7.99. The van der Waals surface area contributed by atoms with Crippen LogP contribution in [0.15, 0.2) is 88.7 Å². The number of hydrogen-bond donors (Lipinski definition) is 2. The number of aromatic amines is 1. The molecule has 4 nitrogen and oxygen atoms in total. The Morgan fingerprint density at radius 3 is 2.56 bits per heavy atom. The van der Waals surface area contributed by atoms with E-state index in [1.54, 1.807) is 18.9 Å². The van der Waals surface area contributed by atoms with Crippen molar-refractivity contribution in [3.05, 3.63) is 84.6 Å². The Hall–Kier alpha value is -3.18. The maximum atomic E-state index is 12.8. The molecule has 4 aromatic rings. The number of anilines is 1. The van der Waals surface area contributed by atoms with Crippen molar-refractivity contribution in [2.45, 2.75) is 9.79 Å². The van der Waals surface area contributed by atoms with Crippen LogP contribution in [0.25, 0.3) is 10.9 Å². The number of amides is 1. The van der Waals surface area contributed by atoms with Crippen LogP contribution < -0.4 is 10.1 Å². The zero-order valence-electron chi connectivity index (χ0n) is 14.7. The van der Waals surface area contributed by atoms with E-state index in [4.69, 9.17) is 4.74 Å². The lowest BCUT2D eigenvalue weighted by molar-refractivity contribution is 0.102. The molecule has 0 atom stereocenters. The van der Waals surface area contributed by atoms with Crippen molar-refractivity contribution >= 4 is 34.3 Å². The molecule has 1 amide bonds. The van der Waals surface area contributed by atoms with Gasteiger partial charge in [-0.3, -0.25) is 4.79 Å². The number of para-hydroxylation sites is 1. The Morgan fingerprint density at radius 1 is 0.963 bits per heavy atom. The van der Waals surface area contributed by atoms with Gasteiger partial charge in [0.25, 0.3) is 5.91 Å². The van der Waals surface area contributed by atoms with Gasteiger partial charge in [-0.15, -0.1) is 0 Å². The van der Waals surface area contributed by atoms with Crippen molar-refractivity contribution in [2.24, 2.45) is 0 Å². The fourth-order valence-electron chi connectivity index (χ4n) is 2.82. The first-order valence-corrected chi connectivity index (χ1v) is 9.34. The summed E-state index contributed by atoms with van der Waals surface area (Å²) < 4.78 is 5.24. The zero-order chi connectivity index (χ0) is 18.6. The number of aromatic nitrogens is 1. The Kier molecular flexibility index (Phi) is 4.85.